The van der Waals surface area contributed by atoms with E-state index in [1.807, 2.05) is 0 Å². The highest BCUT2D eigenvalue weighted by Crippen LogP contribution is 2.20. The van der Waals surface area contributed by atoms with Crippen molar-refractivity contribution in [2.45, 2.75) is 32.0 Å². The number of amides is 2. The monoisotopic (exact) mass is 391 g/mol. The van der Waals surface area contributed by atoms with E-state index in [1.165, 1.54) is 42.1 Å². The summed E-state index contributed by atoms with van der Waals surface area (Å²) < 4.78 is 30.4. The number of alkyl halides is 2. The van der Waals surface area contributed by atoms with Crippen LogP contribution >= 0.6 is 0 Å². The van der Waals surface area contributed by atoms with Gasteiger partial charge >= 0.3 is 6.61 Å². The Bertz CT molecular complexity index is 954. The van der Waals surface area contributed by atoms with Gasteiger partial charge in [0.05, 0.1) is 12.1 Å². The third-order valence-corrected chi connectivity index (χ3v) is 4.21. The number of benzene rings is 1. The summed E-state index contributed by atoms with van der Waals surface area (Å²) in [5.74, 6) is -1.04. The Morgan fingerprint density at radius 1 is 1.25 bits per heavy atom. The molecule has 28 heavy (non-hydrogen) atoms. The maximum absolute atomic E-state index is 12.7. The second-order valence-electron chi connectivity index (χ2n) is 6.43. The first-order valence-corrected chi connectivity index (χ1v) is 8.68. The van der Waals surface area contributed by atoms with Crippen LogP contribution in [0.3, 0.4) is 0 Å². The zero-order valence-electron chi connectivity index (χ0n) is 15.1. The molecular formula is C19H19F2N3O4. The molecule has 0 radical (unpaired) electrons. The number of carbonyl (C=O) groups excluding carboxylic acids is 2. The molecule has 7 nitrogen and oxygen atoms in total. The van der Waals surface area contributed by atoms with Gasteiger partial charge in [-0.1, -0.05) is 12.1 Å². The van der Waals surface area contributed by atoms with Gasteiger partial charge in [0, 0.05) is 19.3 Å². The van der Waals surface area contributed by atoms with Crippen molar-refractivity contribution in [1.82, 2.24) is 15.2 Å². The molecule has 0 aliphatic heterocycles. The minimum atomic E-state index is -2.97. The van der Waals surface area contributed by atoms with Gasteiger partial charge in [0.2, 0.25) is 0 Å². The van der Waals surface area contributed by atoms with Crippen LogP contribution in [0.1, 0.15) is 39.1 Å². The molecule has 2 amide bonds. The fraction of sp³-hybridized carbons (Fsp3) is 0.316. The average Bonchev–Trinajstić information content (AvgIpc) is 3.46. The molecule has 1 fully saturated rings. The maximum atomic E-state index is 12.7. The molecular weight excluding hydrogens is 372 g/mol. The summed E-state index contributed by atoms with van der Waals surface area (Å²) in [5.41, 5.74) is -0.0959. The first kappa shape index (κ1) is 19.5. The Labute approximate surface area is 159 Å². The first-order chi connectivity index (χ1) is 13.4. The van der Waals surface area contributed by atoms with E-state index >= 15 is 0 Å². The summed E-state index contributed by atoms with van der Waals surface area (Å²) in [6, 6.07) is 7.25. The number of hydrogen-bond acceptors (Lipinski definition) is 4. The Kier molecular flexibility index (Phi) is 5.72. The van der Waals surface area contributed by atoms with Crippen LogP contribution in [-0.4, -0.2) is 36.1 Å². The van der Waals surface area contributed by atoms with Gasteiger partial charge in [-0.25, -0.2) is 0 Å². The number of nitrogens with zero attached hydrogens (tertiary/aromatic N) is 1. The Morgan fingerprint density at radius 3 is 2.64 bits per heavy atom. The van der Waals surface area contributed by atoms with E-state index in [2.05, 4.69) is 15.4 Å². The van der Waals surface area contributed by atoms with Crippen LogP contribution in [0.2, 0.25) is 0 Å². The molecule has 9 heteroatoms. The summed E-state index contributed by atoms with van der Waals surface area (Å²) >= 11 is 0. The van der Waals surface area contributed by atoms with Crippen molar-refractivity contribution in [3.8, 4) is 5.75 Å². The van der Waals surface area contributed by atoms with Gasteiger partial charge < -0.3 is 19.9 Å². The molecule has 1 aliphatic rings. The van der Waals surface area contributed by atoms with E-state index < -0.39 is 18.1 Å². The summed E-state index contributed by atoms with van der Waals surface area (Å²) in [6.45, 7) is -2.99. The van der Waals surface area contributed by atoms with Gasteiger partial charge in [-0.3, -0.25) is 14.4 Å². The average molecular weight is 391 g/mol. The molecule has 1 aromatic heterocycles. The fourth-order valence-electron chi connectivity index (χ4n) is 2.69. The van der Waals surface area contributed by atoms with E-state index in [-0.39, 0.29) is 35.4 Å². The molecule has 1 aliphatic carbocycles. The number of rotatable bonds is 7. The first-order valence-electron chi connectivity index (χ1n) is 8.68. The molecule has 2 aromatic rings. The van der Waals surface area contributed by atoms with E-state index in [0.29, 0.717) is 5.56 Å². The van der Waals surface area contributed by atoms with Gasteiger partial charge in [-0.05, 0) is 36.6 Å². The predicted molar refractivity (Wildman–Crippen MR) is 96.8 cm³/mol. The largest absolute Gasteiger partial charge is 0.435 e. The quantitative estimate of drug-likeness (QED) is 0.753. The molecule has 0 atom stereocenters. The van der Waals surface area contributed by atoms with Crippen LogP contribution in [0.4, 0.5) is 8.78 Å². The number of ether oxygens (including phenoxy) is 1. The van der Waals surface area contributed by atoms with Gasteiger partial charge in [0.25, 0.3) is 17.4 Å². The lowest BCUT2D eigenvalue weighted by Crippen LogP contribution is -2.34. The van der Waals surface area contributed by atoms with Crippen molar-refractivity contribution in [2.75, 3.05) is 7.05 Å². The third-order valence-electron chi connectivity index (χ3n) is 4.21. The van der Waals surface area contributed by atoms with Gasteiger partial charge in [-0.2, -0.15) is 8.78 Å². The van der Waals surface area contributed by atoms with Crippen molar-refractivity contribution in [3.63, 3.8) is 0 Å². The Balaban J connectivity index is 1.95. The molecule has 3 rings (SSSR count). The molecule has 1 heterocycles. The highest BCUT2D eigenvalue weighted by atomic mass is 19.3. The molecule has 0 unspecified atom stereocenters. The highest BCUT2D eigenvalue weighted by Gasteiger charge is 2.25. The summed E-state index contributed by atoms with van der Waals surface area (Å²) in [5, 5.41) is 5.18. The number of nitrogens with one attached hydrogen (secondary N) is 2. The standard InChI is InChI=1S/C19H19F2N3O4/c1-22-17(26)15-8-12(16(25)23-13-5-6-13)10-24(18(15)27)9-11-3-2-4-14(7-11)28-19(20)21/h2-4,7-8,10,13,19H,5-6,9H2,1H3,(H,22,26)(H,23,25). The van der Waals surface area contributed by atoms with Crippen molar-refractivity contribution in [3.05, 3.63) is 63.6 Å². The van der Waals surface area contributed by atoms with E-state index in [9.17, 15) is 23.2 Å². The summed E-state index contributed by atoms with van der Waals surface area (Å²) in [6.07, 6.45) is 3.14. The minimum Gasteiger partial charge on any atom is -0.435 e. The van der Waals surface area contributed by atoms with Gasteiger partial charge in [0.1, 0.15) is 11.3 Å². The molecule has 148 valence electrons. The van der Waals surface area contributed by atoms with Crippen LogP contribution in [0, 0.1) is 0 Å². The van der Waals surface area contributed by atoms with Crippen LogP contribution in [-0.2, 0) is 6.54 Å². The van der Waals surface area contributed by atoms with E-state index in [1.54, 1.807) is 6.07 Å². The Morgan fingerprint density at radius 2 is 2.00 bits per heavy atom. The number of pyridine rings is 1. The number of halogens is 2. The van der Waals surface area contributed by atoms with Gasteiger partial charge in [0.15, 0.2) is 0 Å². The molecule has 0 bridgehead atoms. The van der Waals surface area contributed by atoms with Crippen LogP contribution in [0.5, 0.6) is 5.75 Å². The normalized spacial score (nSPS) is 13.3. The van der Waals surface area contributed by atoms with Crippen molar-refractivity contribution < 1.29 is 23.1 Å². The second-order valence-corrected chi connectivity index (χ2v) is 6.43. The molecule has 1 saturated carbocycles. The van der Waals surface area contributed by atoms with Crippen LogP contribution < -0.4 is 20.9 Å². The van der Waals surface area contributed by atoms with Crippen molar-refractivity contribution in [1.29, 1.82) is 0 Å². The summed E-state index contributed by atoms with van der Waals surface area (Å²) in [4.78, 5) is 37.1. The summed E-state index contributed by atoms with van der Waals surface area (Å²) in [7, 11) is 1.38. The second kappa shape index (κ2) is 8.20. The SMILES string of the molecule is CNC(=O)c1cc(C(=O)NC2CC2)cn(Cc2cccc(OC(F)F)c2)c1=O. The number of aromatic nitrogens is 1. The maximum Gasteiger partial charge on any atom is 0.387 e. The number of hydrogen-bond donors (Lipinski definition) is 2. The predicted octanol–water partition coefficient (Wildman–Crippen LogP) is 1.75. The van der Waals surface area contributed by atoms with Crippen molar-refractivity contribution >= 4 is 11.8 Å². The van der Waals surface area contributed by atoms with Crippen LogP contribution in [0.15, 0.2) is 41.3 Å². The molecule has 1 aromatic carbocycles. The lowest BCUT2D eigenvalue weighted by Gasteiger charge is -2.12. The number of carbonyl (C=O) groups is 2. The van der Waals surface area contributed by atoms with E-state index in [0.717, 1.165) is 12.8 Å². The minimum absolute atomic E-state index is 0.0200. The Hall–Kier alpha value is -3.23. The molecule has 0 spiro atoms. The lowest BCUT2D eigenvalue weighted by atomic mass is 10.1. The topological polar surface area (TPSA) is 89.4 Å². The van der Waals surface area contributed by atoms with Crippen molar-refractivity contribution in [2.24, 2.45) is 0 Å². The lowest BCUT2D eigenvalue weighted by molar-refractivity contribution is -0.0498. The molecule has 2 N–H and O–H groups in total. The van der Waals surface area contributed by atoms with Gasteiger partial charge in [-0.15, -0.1) is 0 Å². The fourth-order valence-corrected chi connectivity index (χ4v) is 2.69. The van der Waals surface area contributed by atoms with E-state index in [4.69, 9.17) is 0 Å². The smallest absolute Gasteiger partial charge is 0.387 e. The third kappa shape index (κ3) is 4.73. The zero-order chi connectivity index (χ0) is 20.3. The van der Waals surface area contributed by atoms with Crippen LogP contribution in [0.25, 0.3) is 0 Å². The molecule has 0 saturated heterocycles. The highest BCUT2D eigenvalue weighted by molar-refractivity contribution is 5.99. The zero-order valence-corrected chi connectivity index (χ0v) is 15.1.